The molecule has 4 rings (SSSR count). The fourth-order valence-corrected chi connectivity index (χ4v) is 3.92. The topological polar surface area (TPSA) is 84.5 Å². The summed E-state index contributed by atoms with van der Waals surface area (Å²) in [5.74, 6) is 0. The Morgan fingerprint density at radius 2 is 1.44 bits per heavy atom. The molecule has 2 aromatic carbocycles. The van der Waals surface area contributed by atoms with E-state index >= 15 is 0 Å². The fourth-order valence-electron chi connectivity index (χ4n) is 3.92. The number of carbonyl (C=O) groups excluding carboxylic acids is 2. The summed E-state index contributed by atoms with van der Waals surface area (Å²) >= 11 is 0. The lowest BCUT2D eigenvalue weighted by Crippen LogP contribution is -2.34. The third-order valence-corrected chi connectivity index (χ3v) is 5.32. The van der Waals surface area contributed by atoms with Crippen LogP contribution in [0.4, 0.5) is 9.59 Å². The van der Waals surface area contributed by atoms with Crippen molar-refractivity contribution in [1.82, 2.24) is 13.7 Å². The van der Waals surface area contributed by atoms with Crippen LogP contribution in [-0.2, 0) is 16.0 Å². The van der Waals surface area contributed by atoms with Crippen LogP contribution in [0, 0.1) is 0 Å². The van der Waals surface area contributed by atoms with Crippen LogP contribution in [0.2, 0.25) is 0 Å². The first kappa shape index (κ1) is 25.0. The molecular formula is C28H31N3O5. The number of hydrogen-bond acceptors (Lipinski definition) is 5. The molecule has 0 aliphatic rings. The molecule has 0 aliphatic heterocycles. The van der Waals surface area contributed by atoms with E-state index in [-0.39, 0.29) is 6.54 Å². The second kappa shape index (κ2) is 9.18. The molecule has 8 nitrogen and oxygen atoms in total. The minimum Gasteiger partial charge on any atom is -0.443 e. The Balaban J connectivity index is 1.89. The average Bonchev–Trinajstić information content (AvgIpc) is 3.36. The molecule has 2 aromatic heterocycles. The van der Waals surface area contributed by atoms with Gasteiger partial charge in [0.05, 0.1) is 17.6 Å². The zero-order valence-corrected chi connectivity index (χ0v) is 21.4. The molecule has 0 unspecified atom stereocenters. The maximum absolute atomic E-state index is 13.6. The van der Waals surface area contributed by atoms with Crippen LogP contribution >= 0.6 is 0 Å². The van der Waals surface area contributed by atoms with E-state index in [1.807, 2.05) is 42.5 Å². The maximum Gasteiger partial charge on any atom is 0.423 e. The van der Waals surface area contributed by atoms with E-state index in [9.17, 15) is 14.4 Å². The van der Waals surface area contributed by atoms with Crippen molar-refractivity contribution in [1.29, 1.82) is 0 Å². The zero-order valence-electron chi connectivity index (χ0n) is 21.4. The Morgan fingerprint density at radius 1 is 0.806 bits per heavy atom. The first-order valence-corrected chi connectivity index (χ1v) is 11.8. The molecule has 188 valence electrons. The fraction of sp³-hybridized carbons (Fsp3) is 0.321. The van der Waals surface area contributed by atoms with Gasteiger partial charge in [0, 0.05) is 23.5 Å². The summed E-state index contributed by atoms with van der Waals surface area (Å²) in [4.78, 5) is 39.5. The molecule has 8 heteroatoms. The van der Waals surface area contributed by atoms with Gasteiger partial charge in [-0.15, -0.1) is 0 Å². The van der Waals surface area contributed by atoms with Crippen molar-refractivity contribution in [3.8, 4) is 11.1 Å². The largest absolute Gasteiger partial charge is 0.443 e. The normalized spacial score (nSPS) is 12.1. The highest BCUT2D eigenvalue weighted by atomic mass is 16.6. The van der Waals surface area contributed by atoms with Gasteiger partial charge in [-0.3, -0.25) is 9.13 Å². The maximum atomic E-state index is 13.6. The first-order chi connectivity index (χ1) is 16.8. The minimum absolute atomic E-state index is 0.286. The molecule has 0 N–H and O–H groups in total. The van der Waals surface area contributed by atoms with E-state index in [4.69, 9.17) is 9.47 Å². The Hall–Kier alpha value is -4.07. The lowest BCUT2D eigenvalue weighted by molar-refractivity contribution is 0.0525. The molecule has 0 fully saturated rings. The van der Waals surface area contributed by atoms with Gasteiger partial charge in [-0.1, -0.05) is 42.5 Å². The van der Waals surface area contributed by atoms with Gasteiger partial charge in [0.15, 0.2) is 0 Å². The van der Waals surface area contributed by atoms with Crippen LogP contribution in [0.15, 0.2) is 71.8 Å². The van der Waals surface area contributed by atoms with Gasteiger partial charge in [0.25, 0.3) is 0 Å². The smallest absolute Gasteiger partial charge is 0.423 e. The highest BCUT2D eigenvalue weighted by Gasteiger charge is 2.26. The van der Waals surface area contributed by atoms with Crippen molar-refractivity contribution in [2.75, 3.05) is 0 Å². The molecular weight excluding hydrogens is 458 g/mol. The standard InChI is InChI=1S/C28H31N3O5/c1-27(2,3)35-25(33)29-16-15-20(18-29)21-13-10-14-22-23(21)31(26(34)36-28(4,5)6)24(32)30(22)17-19-11-8-7-9-12-19/h7-16,18H,17H2,1-6H3. The van der Waals surface area contributed by atoms with Crippen molar-refractivity contribution in [3.05, 3.63) is 83.0 Å². The van der Waals surface area contributed by atoms with Gasteiger partial charge in [-0.05, 0) is 59.2 Å². The second-order valence-electron chi connectivity index (χ2n) is 10.6. The van der Waals surface area contributed by atoms with E-state index in [1.165, 1.54) is 4.57 Å². The van der Waals surface area contributed by atoms with Crippen molar-refractivity contribution >= 4 is 23.2 Å². The molecule has 36 heavy (non-hydrogen) atoms. The number of ether oxygens (including phenoxy) is 2. The molecule has 0 saturated heterocycles. The summed E-state index contributed by atoms with van der Waals surface area (Å²) < 4.78 is 15.0. The van der Waals surface area contributed by atoms with Crippen LogP contribution in [0.25, 0.3) is 22.2 Å². The highest BCUT2D eigenvalue weighted by molar-refractivity contribution is 5.98. The lowest BCUT2D eigenvalue weighted by Gasteiger charge is -2.19. The van der Waals surface area contributed by atoms with Gasteiger partial charge >= 0.3 is 17.9 Å². The molecule has 0 radical (unpaired) electrons. The monoisotopic (exact) mass is 489 g/mol. The van der Waals surface area contributed by atoms with E-state index in [0.29, 0.717) is 22.2 Å². The summed E-state index contributed by atoms with van der Waals surface area (Å²) in [6, 6.07) is 16.7. The second-order valence-corrected chi connectivity index (χ2v) is 10.6. The molecule has 0 spiro atoms. The SMILES string of the molecule is CC(C)(C)OC(=O)n1ccc(-c2cccc3c2n(C(=O)OC(C)(C)C)c(=O)n3Cc2ccccc2)c1. The minimum atomic E-state index is -0.792. The van der Waals surface area contributed by atoms with Crippen molar-refractivity contribution in [3.63, 3.8) is 0 Å². The molecule has 2 heterocycles. The third kappa shape index (κ3) is 5.27. The Labute approximate surface area is 209 Å². The Morgan fingerprint density at radius 3 is 2.08 bits per heavy atom. The summed E-state index contributed by atoms with van der Waals surface area (Å²) in [5.41, 5.74) is 1.25. The average molecular weight is 490 g/mol. The number of imidazole rings is 1. The molecule has 0 amide bonds. The van der Waals surface area contributed by atoms with Gasteiger partial charge < -0.3 is 9.47 Å². The Kier molecular flexibility index (Phi) is 6.39. The summed E-state index contributed by atoms with van der Waals surface area (Å²) in [6.45, 7) is 10.9. The van der Waals surface area contributed by atoms with Gasteiger partial charge in [0.1, 0.15) is 11.2 Å². The van der Waals surface area contributed by atoms with Crippen molar-refractivity contribution < 1.29 is 19.1 Å². The highest BCUT2D eigenvalue weighted by Crippen LogP contribution is 2.30. The van der Waals surface area contributed by atoms with Crippen LogP contribution in [0.1, 0.15) is 47.1 Å². The molecule has 0 saturated carbocycles. The number of benzene rings is 2. The third-order valence-electron chi connectivity index (χ3n) is 5.32. The van der Waals surface area contributed by atoms with Crippen LogP contribution in [0.3, 0.4) is 0 Å². The molecule has 0 bridgehead atoms. The number of nitrogens with zero attached hydrogens (tertiary/aromatic N) is 3. The summed E-state index contributed by atoms with van der Waals surface area (Å²) in [6.07, 6.45) is 1.94. The number of rotatable bonds is 3. The van der Waals surface area contributed by atoms with Crippen LogP contribution in [-0.4, -0.2) is 37.1 Å². The number of fused-ring (bicyclic) bond motifs is 1. The molecule has 0 aliphatic carbocycles. The van der Waals surface area contributed by atoms with Crippen LogP contribution in [0.5, 0.6) is 0 Å². The van der Waals surface area contributed by atoms with Gasteiger partial charge in [-0.25, -0.2) is 14.4 Å². The van der Waals surface area contributed by atoms with Gasteiger partial charge in [0.2, 0.25) is 0 Å². The van der Waals surface area contributed by atoms with E-state index < -0.39 is 29.1 Å². The lowest BCUT2D eigenvalue weighted by atomic mass is 10.1. The number of hydrogen-bond donors (Lipinski definition) is 0. The predicted molar refractivity (Wildman–Crippen MR) is 138 cm³/mol. The summed E-state index contributed by atoms with van der Waals surface area (Å²) in [5, 5.41) is 0. The number of carbonyl (C=O) groups is 2. The van der Waals surface area contributed by atoms with E-state index in [0.717, 1.165) is 10.1 Å². The summed E-state index contributed by atoms with van der Waals surface area (Å²) in [7, 11) is 0. The Bertz CT molecular complexity index is 1480. The first-order valence-electron chi connectivity index (χ1n) is 11.8. The zero-order chi connectivity index (χ0) is 26.3. The molecule has 4 aromatic rings. The van der Waals surface area contributed by atoms with Crippen molar-refractivity contribution in [2.24, 2.45) is 0 Å². The quantitative estimate of drug-likeness (QED) is 0.358. The van der Waals surface area contributed by atoms with Crippen LogP contribution < -0.4 is 5.69 Å². The van der Waals surface area contributed by atoms with Crippen molar-refractivity contribution in [2.45, 2.75) is 59.3 Å². The number of para-hydroxylation sites is 1. The van der Waals surface area contributed by atoms with E-state index in [1.54, 1.807) is 70.6 Å². The van der Waals surface area contributed by atoms with Gasteiger partial charge in [-0.2, -0.15) is 4.57 Å². The predicted octanol–water partition coefficient (Wildman–Crippen LogP) is 5.89. The molecule has 0 atom stereocenters. The van der Waals surface area contributed by atoms with E-state index in [2.05, 4.69) is 0 Å². The number of aromatic nitrogens is 3.